The molecular weight excluding hydrogens is 208 g/mol. The molecule has 0 bridgehead atoms. The molecule has 0 atom stereocenters. The summed E-state index contributed by atoms with van der Waals surface area (Å²) in [6.45, 7) is 0. The lowest BCUT2D eigenvalue weighted by Gasteiger charge is -2.08. The Morgan fingerprint density at radius 3 is 2.47 bits per heavy atom. The van der Waals surface area contributed by atoms with Crippen LogP contribution in [0.3, 0.4) is 0 Å². The number of nitrogens with zero attached hydrogens (tertiary/aromatic N) is 2. The Hall–Kier alpha value is -2.35. The molecule has 0 aliphatic heterocycles. The van der Waals surface area contributed by atoms with Crippen LogP contribution in [-0.2, 0) is 0 Å². The number of pyridine rings is 1. The highest BCUT2D eigenvalue weighted by Crippen LogP contribution is 2.22. The highest BCUT2D eigenvalue weighted by atomic mass is 15.0. The maximum Gasteiger partial charge on any atom is 0.0543 e. The van der Waals surface area contributed by atoms with Crippen LogP contribution >= 0.6 is 0 Å². The SMILES string of the molecule is c1ccc(-n2cccc2-c2cccnc2)cc1. The summed E-state index contributed by atoms with van der Waals surface area (Å²) < 4.78 is 2.16. The molecule has 17 heavy (non-hydrogen) atoms. The molecule has 1 aromatic carbocycles. The summed E-state index contributed by atoms with van der Waals surface area (Å²) in [4.78, 5) is 4.16. The Balaban J connectivity index is 2.13. The van der Waals surface area contributed by atoms with E-state index in [0.29, 0.717) is 0 Å². The number of para-hydroxylation sites is 1. The Bertz CT molecular complexity index is 543. The molecule has 82 valence electrons. The van der Waals surface area contributed by atoms with Crippen molar-refractivity contribution in [3.8, 4) is 16.9 Å². The van der Waals surface area contributed by atoms with Crippen LogP contribution in [-0.4, -0.2) is 9.55 Å². The molecule has 2 heterocycles. The predicted molar refractivity (Wildman–Crippen MR) is 69.0 cm³/mol. The zero-order valence-electron chi connectivity index (χ0n) is 9.32. The van der Waals surface area contributed by atoms with Gasteiger partial charge in [0.15, 0.2) is 0 Å². The first-order chi connectivity index (χ1) is 8.45. The van der Waals surface area contributed by atoms with Crippen molar-refractivity contribution in [1.29, 1.82) is 0 Å². The largest absolute Gasteiger partial charge is 0.317 e. The van der Waals surface area contributed by atoms with Crippen molar-refractivity contribution < 1.29 is 0 Å². The van der Waals surface area contributed by atoms with E-state index in [0.717, 1.165) is 16.9 Å². The molecule has 0 N–H and O–H groups in total. The molecule has 0 amide bonds. The Labute approximate surface area is 100 Å². The third-order valence-electron chi connectivity index (χ3n) is 2.74. The molecule has 0 saturated heterocycles. The van der Waals surface area contributed by atoms with E-state index >= 15 is 0 Å². The van der Waals surface area contributed by atoms with Gasteiger partial charge in [-0.3, -0.25) is 4.98 Å². The van der Waals surface area contributed by atoms with E-state index in [1.165, 1.54) is 0 Å². The molecule has 0 radical (unpaired) electrons. The fourth-order valence-electron chi connectivity index (χ4n) is 1.94. The van der Waals surface area contributed by atoms with E-state index < -0.39 is 0 Å². The minimum absolute atomic E-state index is 1.13. The van der Waals surface area contributed by atoms with E-state index in [2.05, 4.69) is 46.1 Å². The molecule has 2 heteroatoms. The van der Waals surface area contributed by atoms with Crippen LogP contribution in [0.25, 0.3) is 16.9 Å². The van der Waals surface area contributed by atoms with Gasteiger partial charge in [0.05, 0.1) is 5.69 Å². The summed E-state index contributed by atoms with van der Waals surface area (Å²) in [5.41, 5.74) is 3.45. The average Bonchev–Trinajstić information content (AvgIpc) is 2.90. The Morgan fingerprint density at radius 1 is 0.824 bits per heavy atom. The van der Waals surface area contributed by atoms with Gasteiger partial charge < -0.3 is 4.57 Å². The van der Waals surface area contributed by atoms with Crippen molar-refractivity contribution in [2.24, 2.45) is 0 Å². The van der Waals surface area contributed by atoms with Gasteiger partial charge in [-0.25, -0.2) is 0 Å². The first-order valence-electron chi connectivity index (χ1n) is 5.58. The van der Waals surface area contributed by atoms with Crippen molar-refractivity contribution in [2.75, 3.05) is 0 Å². The summed E-state index contributed by atoms with van der Waals surface area (Å²) in [6, 6.07) is 18.5. The molecule has 3 rings (SSSR count). The van der Waals surface area contributed by atoms with Crippen molar-refractivity contribution in [3.63, 3.8) is 0 Å². The van der Waals surface area contributed by atoms with Gasteiger partial charge in [0.1, 0.15) is 0 Å². The van der Waals surface area contributed by atoms with E-state index in [-0.39, 0.29) is 0 Å². The molecular formula is C15H12N2. The molecule has 2 aromatic heterocycles. The minimum Gasteiger partial charge on any atom is -0.317 e. The summed E-state index contributed by atoms with van der Waals surface area (Å²) in [6.07, 6.45) is 5.74. The number of hydrogen-bond donors (Lipinski definition) is 0. The van der Waals surface area contributed by atoms with Gasteiger partial charge in [0, 0.05) is 29.8 Å². The maximum atomic E-state index is 4.16. The van der Waals surface area contributed by atoms with Crippen LogP contribution in [0, 0.1) is 0 Å². The molecule has 0 saturated carbocycles. The fourth-order valence-corrected chi connectivity index (χ4v) is 1.94. The predicted octanol–water partition coefficient (Wildman–Crippen LogP) is 3.54. The van der Waals surface area contributed by atoms with Gasteiger partial charge in [0.2, 0.25) is 0 Å². The average molecular weight is 220 g/mol. The van der Waals surface area contributed by atoms with E-state index in [9.17, 15) is 0 Å². The molecule has 0 spiro atoms. The van der Waals surface area contributed by atoms with Crippen LogP contribution in [0.1, 0.15) is 0 Å². The summed E-state index contributed by atoms with van der Waals surface area (Å²) in [5, 5.41) is 0. The van der Waals surface area contributed by atoms with Crippen molar-refractivity contribution in [2.45, 2.75) is 0 Å². The van der Waals surface area contributed by atoms with E-state index in [4.69, 9.17) is 0 Å². The Morgan fingerprint density at radius 2 is 1.71 bits per heavy atom. The van der Waals surface area contributed by atoms with Gasteiger partial charge in [-0.2, -0.15) is 0 Å². The third-order valence-corrected chi connectivity index (χ3v) is 2.74. The number of aromatic nitrogens is 2. The molecule has 0 fully saturated rings. The summed E-state index contributed by atoms with van der Waals surface area (Å²) in [5.74, 6) is 0. The monoisotopic (exact) mass is 220 g/mol. The second-order valence-corrected chi connectivity index (χ2v) is 3.84. The highest BCUT2D eigenvalue weighted by molar-refractivity contribution is 5.61. The topological polar surface area (TPSA) is 17.8 Å². The molecule has 0 aliphatic rings. The van der Waals surface area contributed by atoms with Crippen molar-refractivity contribution in [3.05, 3.63) is 73.2 Å². The number of hydrogen-bond acceptors (Lipinski definition) is 1. The molecule has 0 aliphatic carbocycles. The van der Waals surface area contributed by atoms with E-state index in [1.54, 1.807) is 6.20 Å². The van der Waals surface area contributed by atoms with Crippen LogP contribution < -0.4 is 0 Å². The number of benzene rings is 1. The lowest BCUT2D eigenvalue weighted by atomic mass is 10.2. The zero-order valence-corrected chi connectivity index (χ0v) is 9.32. The third kappa shape index (κ3) is 1.85. The first kappa shape index (κ1) is 9.85. The van der Waals surface area contributed by atoms with Gasteiger partial charge in [0.25, 0.3) is 0 Å². The van der Waals surface area contributed by atoms with Gasteiger partial charge in [-0.1, -0.05) is 18.2 Å². The van der Waals surface area contributed by atoms with Crippen LogP contribution in [0.15, 0.2) is 73.2 Å². The van der Waals surface area contributed by atoms with Gasteiger partial charge in [-0.15, -0.1) is 0 Å². The molecule has 2 nitrogen and oxygen atoms in total. The lowest BCUT2D eigenvalue weighted by molar-refractivity contribution is 1.08. The van der Waals surface area contributed by atoms with Crippen LogP contribution in [0.5, 0.6) is 0 Å². The van der Waals surface area contributed by atoms with Gasteiger partial charge >= 0.3 is 0 Å². The second-order valence-electron chi connectivity index (χ2n) is 3.84. The number of rotatable bonds is 2. The minimum atomic E-state index is 1.13. The van der Waals surface area contributed by atoms with Crippen LogP contribution in [0.4, 0.5) is 0 Å². The van der Waals surface area contributed by atoms with E-state index in [1.807, 2.05) is 30.5 Å². The standard InChI is InChI=1S/C15H12N2/c1-2-7-14(8-3-1)17-11-5-9-15(17)13-6-4-10-16-12-13/h1-12H. The van der Waals surface area contributed by atoms with Crippen LogP contribution in [0.2, 0.25) is 0 Å². The quantitative estimate of drug-likeness (QED) is 0.646. The lowest BCUT2D eigenvalue weighted by Crippen LogP contribution is -1.94. The second kappa shape index (κ2) is 4.26. The highest BCUT2D eigenvalue weighted by Gasteiger charge is 2.04. The zero-order chi connectivity index (χ0) is 11.5. The smallest absolute Gasteiger partial charge is 0.0543 e. The van der Waals surface area contributed by atoms with Gasteiger partial charge in [-0.05, 0) is 36.4 Å². The molecule has 0 unspecified atom stereocenters. The van der Waals surface area contributed by atoms with Crippen molar-refractivity contribution in [1.82, 2.24) is 9.55 Å². The summed E-state index contributed by atoms with van der Waals surface area (Å²) in [7, 11) is 0. The maximum absolute atomic E-state index is 4.16. The van der Waals surface area contributed by atoms with Crippen molar-refractivity contribution >= 4 is 0 Å². The fraction of sp³-hybridized carbons (Fsp3) is 0. The summed E-state index contributed by atoms with van der Waals surface area (Å²) >= 11 is 0. The Kier molecular flexibility index (Phi) is 2.47. The normalized spacial score (nSPS) is 10.4. The first-order valence-corrected chi connectivity index (χ1v) is 5.58. The molecule has 3 aromatic rings.